The molecule has 0 aromatic carbocycles. The van der Waals surface area contributed by atoms with Crippen LogP contribution in [-0.2, 0) is 0 Å². The van der Waals surface area contributed by atoms with E-state index in [0.29, 0.717) is 6.04 Å². The van der Waals surface area contributed by atoms with Gasteiger partial charge in [0.25, 0.3) is 0 Å². The van der Waals surface area contributed by atoms with Gasteiger partial charge in [-0.3, -0.25) is 0 Å². The molecule has 0 fully saturated rings. The molecule has 0 saturated carbocycles. The van der Waals surface area contributed by atoms with Gasteiger partial charge >= 0.3 is 0 Å². The van der Waals surface area contributed by atoms with Gasteiger partial charge < -0.3 is 4.57 Å². The number of hydrogen-bond donors (Lipinski definition) is 0. The van der Waals surface area contributed by atoms with E-state index in [2.05, 4.69) is 18.5 Å². The van der Waals surface area contributed by atoms with Gasteiger partial charge in [0.15, 0.2) is 0 Å². The van der Waals surface area contributed by atoms with E-state index in [1.807, 2.05) is 23.2 Å². The second kappa shape index (κ2) is 4.97. The maximum Gasteiger partial charge on any atom is 0.0951 e. The minimum absolute atomic E-state index is 0. The zero-order valence-electron chi connectivity index (χ0n) is 6.60. The van der Waals surface area contributed by atoms with Crippen LogP contribution in [0.3, 0.4) is 0 Å². The maximum absolute atomic E-state index is 3.95. The normalized spacial score (nSPS) is 11.7. The van der Waals surface area contributed by atoms with Crippen LogP contribution in [0.1, 0.15) is 19.4 Å². The molecule has 0 bridgehead atoms. The van der Waals surface area contributed by atoms with Gasteiger partial charge in [0.2, 0.25) is 0 Å². The summed E-state index contributed by atoms with van der Waals surface area (Å²) in [6, 6.07) is 0.405. The Morgan fingerprint density at radius 2 is 2.45 bits per heavy atom. The molecular formula is C8H13ClN2. The molecule has 0 aliphatic rings. The van der Waals surface area contributed by atoms with Gasteiger partial charge in [0.05, 0.1) is 12.4 Å². The van der Waals surface area contributed by atoms with Crippen molar-refractivity contribution in [3.8, 4) is 0 Å². The fourth-order valence-corrected chi connectivity index (χ4v) is 0.965. The minimum Gasteiger partial charge on any atom is -0.331 e. The summed E-state index contributed by atoms with van der Waals surface area (Å²) in [6.45, 7) is 5.87. The summed E-state index contributed by atoms with van der Waals surface area (Å²) < 4.78 is 2.05. The van der Waals surface area contributed by atoms with Crippen LogP contribution in [0.15, 0.2) is 31.4 Å². The monoisotopic (exact) mass is 172 g/mol. The molecule has 0 N–H and O–H groups in total. The average molecular weight is 173 g/mol. The predicted molar refractivity (Wildman–Crippen MR) is 49.0 cm³/mol. The first-order valence-corrected chi connectivity index (χ1v) is 3.48. The first-order valence-electron chi connectivity index (χ1n) is 3.48. The van der Waals surface area contributed by atoms with E-state index in [-0.39, 0.29) is 12.4 Å². The van der Waals surface area contributed by atoms with Crippen LogP contribution < -0.4 is 0 Å². The van der Waals surface area contributed by atoms with Crippen molar-refractivity contribution in [2.24, 2.45) is 0 Å². The molecule has 2 nitrogen and oxygen atoms in total. The van der Waals surface area contributed by atoms with Gasteiger partial charge in [-0.15, -0.1) is 19.0 Å². The molecule has 62 valence electrons. The quantitative estimate of drug-likeness (QED) is 0.641. The molecule has 1 aromatic heterocycles. The summed E-state index contributed by atoms with van der Waals surface area (Å²) in [4.78, 5) is 3.95. The lowest BCUT2D eigenvalue weighted by molar-refractivity contribution is 0.586. The van der Waals surface area contributed by atoms with E-state index in [9.17, 15) is 0 Å². The van der Waals surface area contributed by atoms with Crippen LogP contribution >= 0.6 is 12.4 Å². The second-order valence-electron chi connectivity index (χ2n) is 2.22. The molecule has 1 unspecified atom stereocenters. The lowest BCUT2D eigenvalue weighted by atomic mass is 10.2. The van der Waals surface area contributed by atoms with Gasteiger partial charge in [0, 0.05) is 12.4 Å². The molecule has 3 heteroatoms. The molecule has 1 atom stereocenters. The van der Waals surface area contributed by atoms with Crippen molar-refractivity contribution < 1.29 is 0 Å². The number of imidazole rings is 1. The molecule has 1 heterocycles. The van der Waals surface area contributed by atoms with E-state index >= 15 is 0 Å². The number of aromatic nitrogens is 2. The SMILES string of the molecule is C=CC(CC)n1ccnc1.Cl. The molecule has 0 spiro atoms. The van der Waals surface area contributed by atoms with Gasteiger partial charge in [-0.05, 0) is 6.42 Å². The molecule has 0 radical (unpaired) electrons. The highest BCUT2D eigenvalue weighted by Crippen LogP contribution is 2.09. The van der Waals surface area contributed by atoms with E-state index < -0.39 is 0 Å². The minimum atomic E-state index is 0. The van der Waals surface area contributed by atoms with Gasteiger partial charge in [-0.25, -0.2) is 4.98 Å². The number of allylic oxidation sites excluding steroid dienone is 1. The summed E-state index contributed by atoms with van der Waals surface area (Å²) >= 11 is 0. The van der Waals surface area contributed by atoms with Crippen LogP contribution in [-0.4, -0.2) is 9.55 Å². The molecule has 1 rings (SSSR count). The van der Waals surface area contributed by atoms with Crippen LogP contribution in [0.2, 0.25) is 0 Å². The van der Waals surface area contributed by atoms with Crippen LogP contribution in [0.5, 0.6) is 0 Å². The van der Waals surface area contributed by atoms with E-state index in [1.54, 1.807) is 6.20 Å². The maximum atomic E-state index is 3.95. The third-order valence-corrected chi connectivity index (χ3v) is 1.60. The first-order chi connectivity index (χ1) is 4.88. The molecule has 0 aliphatic carbocycles. The second-order valence-corrected chi connectivity index (χ2v) is 2.22. The van der Waals surface area contributed by atoms with Crippen molar-refractivity contribution in [1.82, 2.24) is 9.55 Å². The third kappa shape index (κ3) is 2.39. The standard InChI is InChI=1S/C8H12N2.ClH/c1-3-8(4-2)10-6-5-9-7-10;/h3,5-8H,1,4H2,2H3;1H. The molecule has 1 aromatic rings. The summed E-state index contributed by atoms with van der Waals surface area (Å²) in [5.41, 5.74) is 0. The predicted octanol–water partition coefficient (Wildman–Crippen LogP) is 2.44. The Balaban J connectivity index is 0.000001000. The number of hydrogen-bond acceptors (Lipinski definition) is 1. The van der Waals surface area contributed by atoms with Crippen molar-refractivity contribution >= 4 is 12.4 Å². The van der Waals surface area contributed by atoms with Crippen LogP contribution in [0.25, 0.3) is 0 Å². The van der Waals surface area contributed by atoms with E-state index in [1.165, 1.54) is 0 Å². The number of rotatable bonds is 3. The summed E-state index contributed by atoms with van der Waals surface area (Å²) in [6.07, 6.45) is 8.55. The summed E-state index contributed by atoms with van der Waals surface area (Å²) in [7, 11) is 0. The Morgan fingerprint density at radius 1 is 1.73 bits per heavy atom. The summed E-state index contributed by atoms with van der Waals surface area (Å²) in [5.74, 6) is 0. The lowest BCUT2D eigenvalue weighted by Crippen LogP contribution is -2.01. The zero-order chi connectivity index (χ0) is 7.40. The lowest BCUT2D eigenvalue weighted by Gasteiger charge is -2.09. The van der Waals surface area contributed by atoms with E-state index in [0.717, 1.165) is 6.42 Å². The van der Waals surface area contributed by atoms with Gasteiger partial charge in [-0.2, -0.15) is 0 Å². The average Bonchev–Trinajstić information content (AvgIpc) is 2.43. The number of halogens is 1. The van der Waals surface area contributed by atoms with Crippen LogP contribution in [0, 0.1) is 0 Å². The molecule has 11 heavy (non-hydrogen) atoms. The Labute approximate surface area is 73.4 Å². The smallest absolute Gasteiger partial charge is 0.0951 e. The molecule has 0 saturated heterocycles. The van der Waals surface area contributed by atoms with E-state index in [4.69, 9.17) is 0 Å². The first kappa shape index (κ1) is 10.2. The zero-order valence-corrected chi connectivity index (χ0v) is 7.42. The Kier molecular flexibility index (Phi) is 4.62. The highest BCUT2D eigenvalue weighted by molar-refractivity contribution is 5.85. The molecular weight excluding hydrogens is 160 g/mol. The third-order valence-electron chi connectivity index (χ3n) is 1.60. The van der Waals surface area contributed by atoms with Crippen molar-refractivity contribution in [3.63, 3.8) is 0 Å². The fourth-order valence-electron chi connectivity index (χ4n) is 0.965. The molecule has 0 amide bonds. The molecule has 0 aliphatic heterocycles. The van der Waals surface area contributed by atoms with Crippen LogP contribution in [0.4, 0.5) is 0 Å². The Hall–Kier alpha value is -0.760. The van der Waals surface area contributed by atoms with Crippen molar-refractivity contribution in [1.29, 1.82) is 0 Å². The summed E-state index contributed by atoms with van der Waals surface area (Å²) in [5, 5.41) is 0. The highest BCUT2D eigenvalue weighted by Gasteiger charge is 1.99. The van der Waals surface area contributed by atoms with Crippen molar-refractivity contribution in [2.75, 3.05) is 0 Å². The van der Waals surface area contributed by atoms with Gasteiger partial charge in [-0.1, -0.05) is 13.0 Å². The largest absolute Gasteiger partial charge is 0.331 e. The topological polar surface area (TPSA) is 17.8 Å². The van der Waals surface area contributed by atoms with Gasteiger partial charge in [0.1, 0.15) is 0 Å². The fraction of sp³-hybridized carbons (Fsp3) is 0.375. The highest BCUT2D eigenvalue weighted by atomic mass is 35.5. The number of nitrogens with zero attached hydrogens (tertiary/aromatic N) is 2. The Bertz CT molecular complexity index is 194. The Morgan fingerprint density at radius 3 is 2.82 bits per heavy atom. The van der Waals surface area contributed by atoms with Crippen molar-refractivity contribution in [3.05, 3.63) is 31.4 Å². The van der Waals surface area contributed by atoms with Crippen molar-refractivity contribution in [2.45, 2.75) is 19.4 Å².